The minimum atomic E-state index is 0.133. The molecule has 5 heteroatoms. The monoisotopic (exact) mass is 336 g/mol. The number of ether oxygens (including phenoxy) is 1. The van der Waals surface area contributed by atoms with Crippen LogP contribution in [0.4, 0.5) is 0 Å². The van der Waals surface area contributed by atoms with Gasteiger partial charge in [-0.05, 0) is 56.1 Å². The number of nitrogens with zero attached hydrogens (tertiary/aromatic N) is 1. The summed E-state index contributed by atoms with van der Waals surface area (Å²) in [5.74, 6) is 1.17. The number of hydrogen-bond acceptors (Lipinski definition) is 4. The van der Waals surface area contributed by atoms with Gasteiger partial charge in [0, 0.05) is 30.6 Å². The Morgan fingerprint density at radius 1 is 1.35 bits per heavy atom. The molecular formula is C18H28N2O2S. The number of thiophene rings is 1. The maximum absolute atomic E-state index is 12.4. The van der Waals surface area contributed by atoms with Crippen LogP contribution in [0.25, 0.3) is 0 Å². The summed E-state index contributed by atoms with van der Waals surface area (Å²) in [7, 11) is 0. The van der Waals surface area contributed by atoms with Crippen molar-refractivity contribution in [2.75, 3.05) is 32.8 Å². The second-order valence-electron chi connectivity index (χ2n) is 6.88. The number of carbonyl (C=O) groups excluding carboxylic acids is 1. The average molecular weight is 337 g/mol. The van der Waals surface area contributed by atoms with E-state index in [0.717, 1.165) is 51.6 Å². The van der Waals surface area contributed by atoms with E-state index in [9.17, 15) is 4.79 Å². The highest BCUT2D eigenvalue weighted by molar-refractivity contribution is 7.10. The molecule has 2 saturated heterocycles. The summed E-state index contributed by atoms with van der Waals surface area (Å²) in [5, 5.41) is 5.35. The van der Waals surface area contributed by atoms with Gasteiger partial charge < -0.3 is 10.1 Å². The molecule has 3 rings (SSSR count). The van der Waals surface area contributed by atoms with Gasteiger partial charge in [0.05, 0.1) is 6.04 Å². The third kappa shape index (κ3) is 4.55. The van der Waals surface area contributed by atoms with Gasteiger partial charge in [0.25, 0.3) is 0 Å². The molecule has 1 aromatic rings. The van der Waals surface area contributed by atoms with Gasteiger partial charge in [0.2, 0.25) is 5.91 Å². The molecule has 1 N–H and O–H groups in total. The predicted octanol–water partition coefficient (Wildman–Crippen LogP) is 3.06. The van der Waals surface area contributed by atoms with Gasteiger partial charge in [0.1, 0.15) is 0 Å². The molecule has 2 aliphatic rings. The molecule has 128 valence electrons. The van der Waals surface area contributed by atoms with E-state index in [4.69, 9.17) is 4.74 Å². The molecule has 1 atom stereocenters. The van der Waals surface area contributed by atoms with Crippen LogP contribution in [0.1, 0.15) is 43.5 Å². The smallest absolute Gasteiger partial charge is 0.223 e. The molecule has 4 nitrogen and oxygen atoms in total. The van der Waals surface area contributed by atoms with E-state index in [2.05, 4.69) is 34.7 Å². The van der Waals surface area contributed by atoms with Crippen LogP contribution in [0.2, 0.25) is 0 Å². The number of likely N-dealkylation sites (tertiary alicyclic amines) is 1. The second kappa shape index (κ2) is 8.27. The standard InChI is InChI=1S/C18H28N2O2S/c1-14-4-8-20(9-5-14)16(17-3-2-12-23-17)13-19-18(21)15-6-10-22-11-7-15/h2-3,12,14-16H,4-11,13H2,1H3,(H,19,21). The number of piperidine rings is 1. The number of hydrogen-bond donors (Lipinski definition) is 1. The maximum Gasteiger partial charge on any atom is 0.223 e. The van der Waals surface area contributed by atoms with Crippen LogP contribution < -0.4 is 5.32 Å². The number of carbonyl (C=O) groups is 1. The minimum absolute atomic E-state index is 0.133. The van der Waals surface area contributed by atoms with Crippen molar-refractivity contribution < 1.29 is 9.53 Å². The van der Waals surface area contributed by atoms with Gasteiger partial charge >= 0.3 is 0 Å². The SMILES string of the molecule is CC1CCN(C(CNC(=O)C2CCOCC2)c2cccs2)CC1. The van der Waals surface area contributed by atoms with Crippen LogP contribution in [-0.4, -0.2) is 43.7 Å². The second-order valence-corrected chi connectivity index (χ2v) is 7.86. The zero-order valence-corrected chi connectivity index (χ0v) is 14.8. The van der Waals surface area contributed by atoms with E-state index in [-0.39, 0.29) is 11.8 Å². The fraction of sp³-hybridized carbons (Fsp3) is 0.722. The quantitative estimate of drug-likeness (QED) is 0.898. The van der Waals surface area contributed by atoms with E-state index in [1.54, 1.807) is 11.3 Å². The highest BCUT2D eigenvalue weighted by atomic mass is 32.1. The topological polar surface area (TPSA) is 41.6 Å². The van der Waals surface area contributed by atoms with Crippen molar-refractivity contribution >= 4 is 17.2 Å². The Morgan fingerprint density at radius 3 is 2.74 bits per heavy atom. The number of rotatable bonds is 5. The first kappa shape index (κ1) is 16.9. The largest absolute Gasteiger partial charge is 0.381 e. The van der Waals surface area contributed by atoms with Gasteiger partial charge in [-0.25, -0.2) is 0 Å². The van der Waals surface area contributed by atoms with Crippen molar-refractivity contribution in [3.8, 4) is 0 Å². The van der Waals surface area contributed by atoms with Crippen molar-refractivity contribution in [1.29, 1.82) is 0 Å². The lowest BCUT2D eigenvalue weighted by Crippen LogP contribution is -2.43. The summed E-state index contributed by atoms with van der Waals surface area (Å²) in [6, 6.07) is 4.64. The van der Waals surface area contributed by atoms with Crippen LogP contribution >= 0.6 is 11.3 Å². The molecule has 1 aromatic heterocycles. The third-order valence-electron chi connectivity index (χ3n) is 5.19. The summed E-state index contributed by atoms with van der Waals surface area (Å²) in [4.78, 5) is 16.3. The Balaban J connectivity index is 1.59. The Morgan fingerprint density at radius 2 is 2.09 bits per heavy atom. The summed E-state index contributed by atoms with van der Waals surface area (Å²) in [5.41, 5.74) is 0. The lowest BCUT2D eigenvalue weighted by Gasteiger charge is -2.36. The summed E-state index contributed by atoms with van der Waals surface area (Å²) >= 11 is 1.80. The molecule has 0 aliphatic carbocycles. The molecule has 3 heterocycles. The first-order valence-electron chi connectivity index (χ1n) is 8.87. The molecule has 0 bridgehead atoms. The van der Waals surface area contributed by atoms with Crippen molar-refractivity contribution in [1.82, 2.24) is 10.2 Å². The first-order valence-corrected chi connectivity index (χ1v) is 9.75. The zero-order chi connectivity index (χ0) is 16.1. The van der Waals surface area contributed by atoms with E-state index >= 15 is 0 Å². The van der Waals surface area contributed by atoms with Crippen molar-refractivity contribution in [2.24, 2.45) is 11.8 Å². The highest BCUT2D eigenvalue weighted by Crippen LogP contribution is 2.29. The molecule has 0 aromatic carbocycles. The van der Waals surface area contributed by atoms with E-state index in [0.29, 0.717) is 6.04 Å². The van der Waals surface area contributed by atoms with Gasteiger partial charge in [0.15, 0.2) is 0 Å². The van der Waals surface area contributed by atoms with Gasteiger partial charge in [-0.3, -0.25) is 9.69 Å². The Labute approximate surface area is 143 Å². The molecule has 0 saturated carbocycles. The van der Waals surface area contributed by atoms with Gasteiger partial charge in [-0.15, -0.1) is 11.3 Å². The van der Waals surface area contributed by atoms with Crippen LogP contribution in [0.5, 0.6) is 0 Å². The number of amides is 1. The molecular weight excluding hydrogens is 308 g/mol. The van der Waals surface area contributed by atoms with Crippen LogP contribution in [-0.2, 0) is 9.53 Å². The number of nitrogens with one attached hydrogen (secondary N) is 1. The molecule has 1 amide bonds. The first-order chi connectivity index (χ1) is 11.2. The summed E-state index contributed by atoms with van der Waals surface area (Å²) in [6.07, 6.45) is 4.24. The normalized spacial score (nSPS) is 22.8. The lowest BCUT2D eigenvalue weighted by molar-refractivity contribution is -0.128. The van der Waals surface area contributed by atoms with Crippen molar-refractivity contribution in [3.63, 3.8) is 0 Å². The van der Waals surface area contributed by atoms with Crippen LogP contribution in [0, 0.1) is 11.8 Å². The molecule has 23 heavy (non-hydrogen) atoms. The Kier molecular flexibility index (Phi) is 6.08. The molecule has 0 spiro atoms. The average Bonchev–Trinajstić information content (AvgIpc) is 3.11. The highest BCUT2D eigenvalue weighted by Gasteiger charge is 2.27. The summed E-state index contributed by atoms with van der Waals surface area (Å²) in [6.45, 7) is 6.77. The minimum Gasteiger partial charge on any atom is -0.381 e. The Bertz CT molecular complexity index is 477. The fourth-order valence-electron chi connectivity index (χ4n) is 3.53. The molecule has 2 aliphatic heterocycles. The summed E-state index contributed by atoms with van der Waals surface area (Å²) < 4.78 is 5.35. The van der Waals surface area contributed by atoms with Crippen LogP contribution in [0.3, 0.4) is 0 Å². The predicted molar refractivity (Wildman–Crippen MR) is 93.6 cm³/mol. The van der Waals surface area contributed by atoms with E-state index < -0.39 is 0 Å². The molecule has 1 unspecified atom stereocenters. The maximum atomic E-state index is 12.4. The Hall–Kier alpha value is -0.910. The van der Waals surface area contributed by atoms with E-state index in [1.165, 1.54) is 17.7 Å². The fourth-order valence-corrected chi connectivity index (χ4v) is 4.39. The lowest BCUT2D eigenvalue weighted by atomic mass is 9.97. The zero-order valence-electron chi connectivity index (χ0n) is 14.0. The van der Waals surface area contributed by atoms with Crippen molar-refractivity contribution in [3.05, 3.63) is 22.4 Å². The van der Waals surface area contributed by atoms with Crippen molar-refractivity contribution in [2.45, 2.75) is 38.6 Å². The van der Waals surface area contributed by atoms with Gasteiger partial charge in [-0.1, -0.05) is 13.0 Å². The van der Waals surface area contributed by atoms with E-state index in [1.807, 2.05) is 0 Å². The molecule has 2 fully saturated rings. The third-order valence-corrected chi connectivity index (χ3v) is 6.17. The molecule has 0 radical (unpaired) electrons. The van der Waals surface area contributed by atoms with Gasteiger partial charge in [-0.2, -0.15) is 0 Å². The van der Waals surface area contributed by atoms with Crippen LogP contribution in [0.15, 0.2) is 17.5 Å².